The number of hydrogen-bond acceptors (Lipinski definition) is 3. The SMILES string of the molecule is CCCN1C(=O)C(=O)/C(=C(/O)c2cc(C(C)(C)C)ccc2C)C1c1c(C)[nH]c2ccccc12. The number of likely N-dealkylation sites (tertiary alicyclic amines) is 1. The molecule has 3 aromatic rings. The molecule has 1 aromatic heterocycles. The lowest BCUT2D eigenvalue weighted by atomic mass is 9.84. The molecule has 1 saturated heterocycles. The molecule has 2 N–H and O–H groups in total. The van der Waals surface area contributed by atoms with Crippen molar-refractivity contribution in [3.63, 3.8) is 0 Å². The van der Waals surface area contributed by atoms with Crippen LogP contribution in [0.1, 0.15) is 68.1 Å². The third kappa shape index (κ3) is 3.75. The summed E-state index contributed by atoms with van der Waals surface area (Å²) in [5.41, 5.74) is 5.24. The predicted octanol–water partition coefficient (Wildman–Crippen LogP) is 5.91. The summed E-state index contributed by atoms with van der Waals surface area (Å²) in [5, 5.41) is 12.5. The van der Waals surface area contributed by atoms with E-state index in [-0.39, 0.29) is 16.7 Å². The number of fused-ring (bicyclic) bond motifs is 1. The van der Waals surface area contributed by atoms with E-state index >= 15 is 0 Å². The number of carbonyl (C=O) groups excluding carboxylic acids is 2. The molecule has 5 nitrogen and oxygen atoms in total. The molecule has 172 valence electrons. The Morgan fingerprint density at radius 3 is 2.45 bits per heavy atom. The van der Waals surface area contributed by atoms with Gasteiger partial charge in [0.1, 0.15) is 5.76 Å². The smallest absolute Gasteiger partial charge is 0.295 e. The zero-order chi connectivity index (χ0) is 24.1. The average molecular weight is 445 g/mol. The molecule has 0 saturated carbocycles. The maximum absolute atomic E-state index is 13.3. The highest BCUT2D eigenvalue weighted by Crippen LogP contribution is 2.44. The van der Waals surface area contributed by atoms with Gasteiger partial charge in [-0.15, -0.1) is 0 Å². The van der Waals surface area contributed by atoms with Crippen molar-refractivity contribution in [2.75, 3.05) is 6.54 Å². The van der Waals surface area contributed by atoms with Gasteiger partial charge in [-0.3, -0.25) is 9.59 Å². The number of H-pyrrole nitrogens is 1. The molecule has 1 atom stereocenters. The van der Waals surface area contributed by atoms with Crippen molar-refractivity contribution >= 4 is 28.4 Å². The summed E-state index contributed by atoms with van der Waals surface area (Å²) in [4.78, 5) is 31.5. The lowest BCUT2D eigenvalue weighted by Crippen LogP contribution is -2.30. The van der Waals surface area contributed by atoms with Crippen LogP contribution >= 0.6 is 0 Å². The van der Waals surface area contributed by atoms with Gasteiger partial charge in [0, 0.05) is 34.3 Å². The van der Waals surface area contributed by atoms with Gasteiger partial charge in [-0.05, 0) is 48.9 Å². The highest BCUT2D eigenvalue weighted by atomic mass is 16.3. The van der Waals surface area contributed by atoms with E-state index in [2.05, 4.69) is 25.8 Å². The first kappa shape index (κ1) is 22.8. The number of carbonyl (C=O) groups is 2. The molecule has 0 radical (unpaired) electrons. The van der Waals surface area contributed by atoms with Crippen LogP contribution in [0.4, 0.5) is 0 Å². The second-order valence-corrected chi connectivity index (χ2v) is 9.98. The number of hydrogen-bond donors (Lipinski definition) is 2. The molecule has 2 heterocycles. The first-order valence-corrected chi connectivity index (χ1v) is 11.5. The number of amides is 1. The summed E-state index contributed by atoms with van der Waals surface area (Å²) < 4.78 is 0. The number of aliphatic hydroxyl groups is 1. The fourth-order valence-electron chi connectivity index (χ4n) is 4.79. The van der Waals surface area contributed by atoms with Gasteiger partial charge < -0.3 is 15.0 Å². The van der Waals surface area contributed by atoms with E-state index in [1.165, 1.54) is 0 Å². The van der Waals surface area contributed by atoms with Crippen LogP contribution in [-0.2, 0) is 15.0 Å². The Morgan fingerprint density at radius 2 is 1.79 bits per heavy atom. The molecule has 0 aliphatic carbocycles. The molecule has 0 bridgehead atoms. The fraction of sp³-hybridized carbons (Fsp3) is 0.357. The summed E-state index contributed by atoms with van der Waals surface area (Å²) in [6.45, 7) is 12.6. The van der Waals surface area contributed by atoms with Crippen molar-refractivity contribution in [3.8, 4) is 0 Å². The molecule has 1 unspecified atom stereocenters. The van der Waals surface area contributed by atoms with E-state index < -0.39 is 17.7 Å². The standard InChI is InChI=1S/C28H32N2O3/c1-7-14-30-24(22-17(3)29-21-11-9-8-10-19(21)22)23(26(32)27(30)33)25(31)20-15-18(28(4,5)6)13-12-16(20)2/h8-13,15,24,29,31H,7,14H2,1-6H3/b25-23+. The van der Waals surface area contributed by atoms with Crippen molar-refractivity contribution < 1.29 is 14.7 Å². The van der Waals surface area contributed by atoms with E-state index in [0.29, 0.717) is 18.5 Å². The van der Waals surface area contributed by atoms with Crippen molar-refractivity contribution in [2.45, 2.75) is 59.4 Å². The summed E-state index contributed by atoms with van der Waals surface area (Å²) in [5.74, 6) is -1.29. The number of rotatable bonds is 4. The predicted molar refractivity (Wildman–Crippen MR) is 132 cm³/mol. The molecular weight excluding hydrogens is 412 g/mol. The topological polar surface area (TPSA) is 73.4 Å². The number of Topliss-reactive ketones (excluding diaryl/α,β-unsaturated/α-hetero) is 1. The molecule has 33 heavy (non-hydrogen) atoms. The van der Waals surface area contributed by atoms with Crippen molar-refractivity contribution in [1.29, 1.82) is 0 Å². The molecule has 1 aliphatic rings. The van der Waals surface area contributed by atoms with Crippen molar-refractivity contribution in [2.24, 2.45) is 0 Å². The number of para-hydroxylation sites is 1. The van der Waals surface area contributed by atoms with Gasteiger partial charge in [-0.1, -0.05) is 58.0 Å². The largest absolute Gasteiger partial charge is 0.507 e. The minimum absolute atomic E-state index is 0.106. The number of aromatic amines is 1. The van der Waals surface area contributed by atoms with Crippen LogP contribution in [0.2, 0.25) is 0 Å². The molecule has 1 aliphatic heterocycles. The van der Waals surface area contributed by atoms with Crippen LogP contribution < -0.4 is 0 Å². The third-order valence-corrected chi connectivity index (χ3v) is 6.58. The second kappa shape index (κ2) is 8.22. The number of aryl methyl sites for hydroxylation is 2. The quantitative estimate of drug-likeness (QED) is 0.298. The number of benzene rings is 2. The van der Waals surface area contributed by atoms with Crippen LogP contribution in [0.5, 0.6) is 0 Å². The lowest BCUT2D eigenvalue weighted by Gasteiger charge is -2.26. The Hall–Kier alpha value is -3.34. The average Bonchev–Trinajstić information content (AvgIpc) is 3.21. The van der Waals surface area contributed by atoms with Crippen LogP contribution in [-0.4, -0.2) is 33.2 Å². The molecule has 1 amide bonds. The molecule has 4 rings (SSSR count). The van der Waals surface area contributed by atoms with Crippen LogP contribution in [0.15, 0.2) is 48.0 Å². The Kier molecular flexibility index (Phi) is 5.69. The van der Waals surface area contributed by atoms with Crippen LogP contribution in [0.25, 0.3) is 16.7 Å². The molecule has 0 spiro atoms. The van der Waals surface area contributed by atoms with Gasteiger partial charge in [-0.25, -0.2) is 0 Å². The Bertz CT molecular complexity index is 1290. The maximum atomic E-state index is 13.3. The summed E-state index contributed by atoms with van der Waals surface area (Å²) >= 11 is 0. The van der Waals surface area contributed by atoms with Crippen LogP contribution in [0, 0.1) is 13.8 Å². The highest BCUT2D eigenvalue weighted by Gasteiger charge is 2.47. The first-order chi connectivity index (χ1) is 15.6. The van der Waals surface area contributed by atoms with Gasteiger partial charge >= 0.3 is 0 Å². The summed E-state index contributed by atoms with van der Waals surface area (Å²) in [6, 6.07) is 13.2. The molecule has 2 aromatic carbocycles. The third-order valence-electron chi connectivity index (χ3n) is 6.58. The number of nitrogens with one attached hydrogen (secondary N) is 1. The van der Waals surface area contributed by atoms with Gasteiger partial charge in [0.05, 0.1) is 11.6 Å². The Balaban J connectivity index is 2.01. The van der Waals surface area contributed by atoms with Gasteiger partial charge in [0.2, 0.25) is 0 Å². The van der Waals surface area contributed by atoms with Gasteiger partial charge in [0.15, 0.2) is 0 Å². The van der Waals surface area contributed by atoms with Crippen molar-refractivity contribution in [3.05, 3.63) is 76.0 Å². The van der Waals surface area contributed by atoms with Crippen molar-refractivity contribution in [1.82, 2.24) is 9.88 Å². The number of aliphatic hydroxyl groups excluding tert-OH is 1. The first-order valence-electron chi connectivity index (χ1n) is 11.5. The normalized spacial score (nSPS) is 18.5. The zero-order valence-corrected chi connectivity index (χ0v) is 20.2. The molecule has 1 fully saturated rings. The van der Waals surface area contributed by atoms with Crippen LogP contribution in [0.3, 0.4) is 0 Å². The second-order valence-electron chi connectivity index (χ2n) is 9.98. The molecule has 5 heteroatoms. The van der Waals surface area contributed by atoms with E-state index in [9.17, 15) is 14.7 Å². The summed E-state index contributed by atoms with van der Waals surface area (Å²) in [7, 11) is 0. The lowest BCUT2D eigenvalue weighted by molar-refractivity contribution is -0.139. The summed E-state index contributed by atoms with van der Waals surface area (Å²) in [6.07, 6.45) is 0.712. The number of nitrogens with zero attached hydrogens (tertiary/aromatic N) is 1. The Morgan fingerprint density at radius 1 is 1.09 bits per heavy atom. The van der Waals surface area contributed by atoms with E-state index in [1.54, 1.807) is 4.90 Å². The maximum Gasteiger partial charge on any atom is 0.295 e. The number of ketones is 1. The molecular formula is C28H32N2O3. The minimum atomic E-state index is -0.640. The van der Waals surface area contributed by atoms with E-state index in [0.717, 1.165) is 33.3 Å². The highest BCUT2D eigenvalue weighted by molar-refractivity contribution is 6.46. The fourth-order valence-corrected chi connectivity index (χ4v) is 4.79. The Labute approximate surface area is 195 Å². The van der Waals surface area contributed by atoms with E-state index in [1.807, 2.05) is 63.2 Å². The monoisotopic (exact) mass is 444 g/mol. The minimum Gasteiger partial charge on any atom is -0.507 e. The van der Waals surface area contributed by atoms with Gasteiger partial charge in [-0.2, -0.15) is 0 Å². The number of aromatic nitrogens is 1. The van der Waals surface area contributed by atoms with Gasteiger partial charge in [0.25, 0.3) is 11.7 Å². The van der Waals surface area contributed by atoms with E-state index in [4.69, 9.17) is 0 Å². The zero-order valence-electron chi connectivity index (χ0n) is 20.2.